The van der Waals surface area contributed by atoms with E-state index in [9.17, 15) is 18.0 Å². The van der Waals surface area contributed by atoms with Gasteiger partial charge in [0, 0.05) is 6.07 Å². The number of halogens is 3. The van der Waals surface area contributed by atoms with E-state index in [1.165, 1.54) is 44.9 Å². The Morgan fingerprint density at radius 1 is 1.00 bits per heavy atom. The molecule has 0 aliphatic heterocycles. The molecule has 28 heavy (non-hydrogen) atoms. The first-order valence-corrected chi connectivity index (χ1v) is 10.7. The van der Waals surface area contributed by atoms with Crippen LogP contribution >= 0.6 is 0 Å². The zero-order valence-electron chi connectivity index (χ0n) is 16.6. The van der Waals surface area contributed by atoms with Crippen molar-refractivity contribution in [3.05, 3.63) is 23.8 Å². The summed E-state index contributed by atoms with van der Waals surface area (Å²) < 4.78 is 44.6. The van der Waals surface area contributed by atoms with Crippen molar-refractivity contribution >= 4 is 5.97 Å². The minimum atomic E-state index is -1.54. The van der Waals surface area contributed by atoms with Gasteiger partial charge in [0.2, 0.25) is 0 Å². The number of pyridine rings is 1. The van der Waals surface area contributed by atoms with Crippen molar-refractivity contribution in [2.24, 2.45) is 23.7 Å². The molecule has 0 atom stereocenters. The molecule has 3 nitrogen and oxygen atoms in total. The molecule has 1 heterocycles. The zero-order valence-corrected chi connectivity index (χ0v) is 16.6. The number of hydrogen-bond acceptors (Lipinski definition) is 3. The minimum absolute atomic E-state index is 0.315. The van der Waals surface area contributed by atoms with E-state index in [0.29, 0.717) is 24.8 Å². The van der Waals surface area contributed by atoms with Crippen LogP contribution in [0, 0.1) is 41.4 Å². The number of rotatable bonds is 6. The molecule has 2 aliphatic carbocycles. The maximum atomic E-state index is 13.6. The summed E-state index contributed by atoms with van der Waals surface area (Å²) in [6.45, 7) is 2.24. The highest BCUT2D eigenvalue weighted by Crippen LogP contribution is 2.42. The summed E-state index contributed by atoms with van der Waals surface area (Å²) in [4.78, 5) is 15.1. The van der Waals surface area contributed by atoms with Crippen LogP contribution in [-0.2, 0) is 4.79 Å². The topological polar surface area (TPSA) is 39.2 Å². The maximum absolute atomic E-state index is 13.6. The van der Waals surface area contributed by atoms with Crippen molar-refractivity contribution in [3.8, 4) is 5.75 Å². The monoisotopic (exact) mass is 397 g/mol. The molecular formula is C22H30F3NO2. The summed E-state index contributed by atoms with van der Waals surface area (Å²) in [6, 6.07) is 0.540. The molecule has 0 saturated heterocycles. The van der Waals surface area contributed by atoms with Gasteiger partial charge in [-0.3, -0.25) is 4.79 Å². The lowest BCUT2D eigenvalue weighted by atomic mass is 9.68. The molecule has 0 N–H and O–H groups in total. The Morgan fingerprint density at radius 3 is 2.21 bits per heavy atom. The first-order valence-electron chi connectivity index (χ1n) is 10.7. The van der Waals surface area contributed by atoms with E-state index in [-0.39, 0.29) is 5.92 Å². The molecular weight excluding hydrogens is 367 g/mol. The van der Waals surface area contributed by atoms with Gasteiger partial charge >= 0.3 is 5.97 Å². The van der Waals surface area contributed by atoms with Crippen LogP contribution in [0.3, 0.4) is 0 Å². The Balaban J connectivity index is 1.45. The Bertz CT molecular complexity index is 666. The number of ether oxygens (including phenoxy) is 1. The van der Waals surface area contributed by atoms with Crippen molar-refractivity contribution in [1.29, 1.82) is 0 Å². The zero-order chi connectivity index (χ0) is 20.1. The highest BCUT2D eigenvalue weighted by Gasteiger charge is 2.34. The number of nitrogens with zero attached hydrogens (tertiary/aromatic N) is 1. The fourth-order valence-electron chi connectivity index (χ4n) is 4.96. The average Bonchev–Trinajstić information content (AvgIpc) is 2.71. The first kappa shape index (κ1) is 21.1. The summed E-state index contributed by atoms with van der Waals surface area (Å²) >= 11 is 0. The van der Waals surface area contributed by atoms with E-state index in [4.69, 9.17) is 4.74 Å². The predicted octanol–water partition coefficient (Wildman–Crippen LogP) is 6.21. The minimum Gasteiger partial charge on any atom is -0.421 e. The van der Waals surface area contributed by atoms with Crippen molar-refractivity contribution < 1.29 is 22.7 Å². The maximum Gasteiger partial charge on any atom is 0.314 e. The standard InChI is InChI=1S/C22H30F3NO2/c1-2-3-4-14-5-7-15(8-6-14)16-9-11-17(12-10-16)22(27)28-19-13-18(23)20(24)26-21(19)25/h13-17H,2-12H2,1H3/t14-,15-,16?,17?. The lowest BCUT2D eigenvalue weighted by Gasteiger charge is -2.37. The van der Waals surface area contributed by atoms with Crippen LogP contribution in [0.2, 0.25) is 0 Å². The van der Waals surface area contributed by atoms with Gasteiger partial charge in [-0.15, -0.1) is 0 Å². The van der Waals surface area contributed by atoms with Crippen molar-refractivity contribution in [1.82, 2.24) is 4.98 Å². The number of aromatic nitrogens is 1. The van der Waals surface area contributed by atoms with E-state index in [1.807, 2.05) is 0 Å². The smallest absolute Gasteiger partial charge is 0.314 e. The number of carbonyl (C=O) groups is 1. The Hall–Kier alpha value is -1.59. The number of esters is 1. The van der Waals surface area contributed by atoms with Crippen LogP contribution in [0.15, 0.2) is 6.07 Å². The Kier molecular flexibility index (Phi) is 7.36. The van der Waals surface area contributed by atoms with Crippen molar-refractivity contribution in [2.75, 3.05) is 0 Å². The van der Waals surface area contributed by atoms with Gasteiger partial charge in [0.25, 0.3) is 11.9 Å². The third-order valence-corrected chi connectivity index (χ3v) is 6.69. The second kappa shape index (κ2) is 9.75. The van der Waals surface area contributed by atoms with Gasteiger partial charge in [-0.2, -0.15) is 13.8 Å². The van der Waals surface area contributed by atoms with E-state index < -0.39 is 29.4 Å². The molecule has 3 rings (SSSR count). The highest BCUT2D eigenvalue weighted by molar-refractivity contribution is 5.75. The van der Waals surface area contributed by atoms with Crippen LogP contribution in [0.5, 0.6) is 5.75 Å². The van der Waals surface area contributed by atoms with Gasteiger partial charge in [0.1, 0.15) is 0 Å². The molecule has 0 bridgehead atoms. The summed E-state index contributed by atoms with van der Waals surface area (Å²) in [7, 11) is 0. The Labute approximate surface area is 165 Å². The first-order chi connectivity index (χ1) is 13.5. The predicted molar refractivity (Wildman–Crippen MR) is 100 cm³/mol. The molecule has 1 aromatic rings. The van der Waals surface area contributed by atoms with Gasteiger partial charge < -0.3 is 4.74 Å². The molecule has 1 aromatic heterocycles. The van der Waals surface area contributed by atoms with Gasteiger partial charge in [-0.25, -0.2) is 4.39 Å². The molecule has 6 heteroatoms. The quantitative estimate of drug-likeness (QED) is 0.423. The van der Waals surface area contributed by atoms with Crippen LogP contribution in [-0.4, -0.2) is 11.0 Å². The molecule has 0 unspecified atom stereocenters. The van der Waals surface area contributed by atoms with Crippen LogP contribution in [0.25, 0.3) is 0 Å². The normalized spacial score (nSPS) is 28.1. The summed E-state index contributed by atoms with van der Waals surface area (Å²) in [5, 5.41) is 0. The fourth-order valence-corrected chi connectivity index (χ4v) is 4.96. The summed E-state index contributed by atoms with van der Waals surface area (Å²) in [5.74, 6) is -3.41. The number of unbranched alkanes of at least 4 members (excludes halogenated alkanes) is 1. The van der Waals surface area contributed by atoms with Gasteiger partial charge in [0.15, 0.2) is 11.6 Å². The molecule has 2 fully saturated rings. The second-order valence-electron chi connectivity index (χ2n) is 8.51. The van der Waals surface area contributed by atoms with E-state index in [1.54, 1.807) is 0 Å². The highest BCUT2D eigenvalue weighted by atomic mass is 19.2. The van der Waals surface area contributed by atoms with E-state index in [2.05, 4.69) is 11.9 Å². The lowest BCUT2D eigenvalue weighted by Crippen LogP contribution is -2.30. The third kappa shape index (κ3) is 5.26. The molecule has 0 radical (unpaired) electrons. The molecule has 2 aliphatic rings. The van der Waals surface area contributed by atoms with E-state index >= 15 is 0 Å². The van der Waals surface area contributed by atoms with Crippen molar-refractivity contribution in [2.45, 2.75) is 77.6 Å². The molecule has 156 valence electrons. The molecule has 0 aromatic carbocycles. The largest absolute Gasteiger partial charge is 0.421 e. The average molecular weight is 397 g/mol. The second-order valence-corrected chi connectivity index (χ2v) is 8.51. The Morgan fingerprint density at radius 2 is 1.61 bits per heavy atom. The van der Waals surface area contributed by atoms with Gasteiger partial charge in [0.05, 0.1) is 5.92 Å². The summed E-state index contributed by atoms with van der Waals surface area (Å²) in [5.41, 5.74) is 0. The van der Waals surface area contributed by atoms with Crippen LogP contribution in [0.1, 0.15) is 77.6 Å². The van der Waals surface area contributed by atoms with Crippen LogP contribution < -0.4 is 4.74 Å². The van der Waals surface area contributed by atoms with Gasteiger partial charge in [-0.1, -0.05) is 39.0 Å². The number of hydrogen-bond donors (Lipinski definition) is 0. The number of carbonyl (C=O) groups excluding carboxylic acids is 1. The SMILES string of the molecule is CCCC[C@H]1CC[C@H](C2CCC(C(=O)Oc3cc(F)c(F)nc3F)CC2)CC1. The molecule has 0 spiro atoms. The van der Waals surface area contributed by atoms with E-state index in [0.717, 1.165) is 24.7 Å². The van der Waals surface area contributed by atoms with Gasteiger partial charge in [-0.05, 0) is 56.3 Å². The molecule has 2 saturated carbocycles. The summed E-state index contributed by atoms with van der Waals surface area (Å²) in [6.07, 6.45) is 12.6. The van der Waals surface area contributed by atoms with Crippen LogP contribution in [0.4, 0.5) is 13.2 Å². The van der Waals surface area contributed by atoms with Crippen molar-refractivity contribution in [3.63, 3.8) is 0 Å². The molecule has 0 amide bonds. The lowest BCUT2D eigenvalue weighted by molar-refractivity contribution is -0.140. The third-order valence-electron chi connectivity index (χ3n) is 6.69. The fraction of sp³-hybridized carbons (Fsp3) is 0.727.